The maximum Gasteiger partial charge on any atom is 0.255 e. The Kier molecular flexibility index (Phi) is 6.98. The second kappa shape index (κ2) is 9.23. The summed E-state index contributed by atoms with van der Waals surface area (Å²) in [5.74, 6) is -0.237. The minimum absolute atomic E-state index is 0. The largest absolute Gasteiger partial charge is 0.472 e. The molecule has 2 aromatic heterocycles. The third kappa shape index (κ3) is 4.56. The number of furan rings is 1. The minimum atomic E-state index is -0.231. The van der Waals surface area contributed by atoms with Gasteiger partial charge in [-0.05, 0) is 52.7 Å². The van der Waals surface area contributed by atoms with Crippen LogP contribution in [0.3, 0.4) is 0 Å². The minimum Gasteiger partial charge on any atom is -0.472 e. The van der Waals surface area contributed by atoms with Gasteiger partial charge in [0.1, 0.15) is 5.84 Å². The summed E-state index contributed by atoms with van der Waals surface area (Å²) in [6.07, 6.45) is 6.45. The van der Waals surface area contributed by atoms with Crippen LogP contribution in [-0.2, 0) is 0 Å². The lowest BCUT2D eigenvalue weighted by Crippen LogP contribution is -2.13. The summed E-state index contributed by atoms with van der Waals surface area (Å²) in [5, 5.41) is 12.3. The number of nitrogens with two attached hydrogens (primary N) is 1. The van der Waals surface area contributed by atoms with Crippen LogP contribution in [0.15, 0.2) is 77.9 Å². The highest BCUT2D eigenvalue weighted by Gasteiger charge is 2.14. The Morgan fingerprint density at radius 3 is 2.55 bits per heavy atom. The van der Waals surface area contributed by atoms with E-state index in [0.29, 0.717) is 16.8 Å². The zero-order chi connectivity index (χ0) is 18.8. The first-order chi connectivity index (χ1) is 13.1. The number of nitrogens with zero attached hydrogens (tertiary/aromatic N) is 1. The van der Waals surface area contributed by atoms with Gasteiger partial charge < -0.3 is 15.5 Å². The van der Waals surface area contributed by atoms with E-state index in [2.05, 4.69) is 10.3 Å². The number of carbonyl (C=O) groups excluding carboxylic acids is 1. The van der Waals surface area contributed by atoms with E-state index in [1.54, 1.807) is 43.1 Å². The Morgan fingerprint density at radius 1 is 1.07 bits per heavy atom. The number of amidine groups is 1. The Morgan fingerprint density at radius 2 is 1.90 bits per heavy atom. The van der Waals surface area contributed by atoms with Crippen molar-refractivity contribution in [2.24, 2.45) is 5.73 Å². The molecule has 8 heteroatoms. The first kappa shape index (κ1) is 21.9. The van der Waals surface area contributed by atoms with Gasteiger partial charge in [-0.3, -0.25) is 15.2 Å². The summed E-state index contributed by atoms with van der Waals surface area (Å²) in [4.78, 5) is 16.7. The second-order valence-electron chi connectivity index (χ2n) is 6.08. The molecule has 6 nitrogen and oxygen atoms in total. The van der Waals surface area contributed by atoms with Crippen LogP contribution in [0.4, 0.5) is 5.69 Å². The van der Waals surface area contributed by atoms with Gasteiger partial charge in [0.15, 0.2) is 0 Å². The van der Waals surface area contributed by atoms with Crippen LogP contribution in [0, 0.1) is 5.41 Å². The molecular formula is C21H18Cl2N4O2. The van der Waals surface area contributed by atoms with Gasteiger partial charge in [0.2, 0.25) is 0 Å². The van der Waals surface area contributed by atoms with E-state index >= 15 is 0 Å². The van der Waals surface area contributed by atoms with Crippen molar-refractivity contribution in [3.05, 3.63) is 84.6 Å². The summed E-state index contributed by atoms with van der Waals surface area (Å²) < 4.78 is 5.22. The molecule has 0 saturated carbocycles. The van der Waals surface area contributed by atoms with E-state index in [-0.39, 0.29) is 36.6 Å². The van der Waals surface area contributed by atoms with Gasteiger partial charge in [0.05, 0.1) is 24.4 Å². The molecule has 0 radical (unpaired) electrons. The molecule has 0 bridgehead atoms. The fourth-order valence-electron chi connectivity index (χ4n) is 2.95. The average molecular weight is 429 g/mol. The fraction of sp³-hybridized carbons (Fsp3) is 0. The fourth-order valence-corrected chi connectivity index (χ4v) is 2.95. The van der Waals surface area contributed by atoms with Gasteiger partial charge in [-0.2, -0.15) is 0 Å². The number of aromatic nitrogens is 1. The van der Waals surface area contributed by atoms with E-state index in [1.165, 1.54) is 0 Å². The van der Waals surface area contributed by atoms with Crippen LogP contribution >= 0.6 is 24.8 Å². The zero-order valence-corrected chi connectivity index (χ0v) is 16.7. The zero-order valence-electron chi connectivity index (χ0n) is 15.1. The van der Waals surface area contributed by atoms with Crippen molar-refractivity contribution in [3.8, 4) is 11.1 Å². The summed E-state index contributed by atoms with van der Waals surface area (Å²) in [5.41, 5.74) is 9.07. The Bertz CT molecular complexity index is 1150. The molecule has 148 valence electrons. The van der Waals surface area contributed by atoms with Gasteiger partial charge in [-0.25, -0.2) is 0 Å². The first-order valence-corrected chi connectivity index (χ1v) is 8.28. The molecule has 4 aromatic rings. The molecule has 0 aliphatic heterocycles. The van der Waals surface area contributed by atoms with Gasteiger partial charge in [0, 0.05) is 22.9 Å². The van der Waals surface area contributed by atoms with Crippen molar-refractivity contribution < 1.29 is 9.21 Å². The molecule has 1 amide bonds. The highest BCUT2D eigenvalue weighted by Crippen LogP contribution is 2.31. The molecule has 4 N–H and O–H groups in total. The maximum absolute atomic E-state index is 12.7. The lowest BCUT2D eigenvalue weighted by Gasteiger charge is -2.11. The van der Waals surface area contributed by atoms with Gasteiger partial charge in [0.25, 0.3) is 5.91 Å². The summed E-state index contributed by atoms with van der Waals surface area (Å²) in [7, 11) is 0. The Hall–Kier alpha value is -3.35. The average Bonchev–Trinajstić information content (AvgIpc) is 3.22. The molecule has 0 fully saturated rings. The molecule has 4 rings (SSSR count). The molecule has 0 spiro atoms. The third-order valence-electron chi connectivity index (χ3n) is 4.28. The van der Waals surface area contributed by atoms with Crippen LogP contribution in [0.5, 0.6) is 0 Å². The topological polar surface area (TPSA) is 105 Å². The molecule has 0 saturated heterocycles. The van der Waals surface area contributed by atoms with Gasteiger partial charge in [-0.15, -0.1) is 24.8 Å². The van der Waals surface area contributed by atoms with Crippen LogP contribution in [-0.4, -0.2) is 16.7 Å². The first-order valence-electron chi connectivity index (χ1n) is 8.28. The van der Waals surface area contributed by atoms with Crippen molar-refractivity contribution in [1.29, 1.82) is 5.41 Å². The normalized spacial score (nSPS) is 9.93. The van der Waals surface area contributed by atoms with Crippen LogP contribution < -0.4 is 11.1 Å². The Balaban J connectivity index is 0.00000150. The van der Waals surface area contributed by atoms with Crippen LogP contribution in [0.2, 0.25) is 0 Å². The molecule has 2 aromatic carbocycles. The predicted octanol–water partition coefficient (Wildman–Crippen LogP) is 4.87. The van der Waals surface area contributed by atoms with E-state index in [4.69, 9.17) is 15.6 Å². The molecular weight excluding hydrogens is 411 g/mol. The summed E-state index contributed by atoms with van der Waals surface area (Å²) in [6, 6.07) is 14.5. The van der Waals surface area contributed by atoms with Crippen molar-refractivity contribution in [2.75, 3.05) is 5.32 Å². The van der Waals surface area contributed by atoms with Gasteiger partial charge in [-0.1, -0.05) is 12.1 Å². The lowest BCUT2D eigenvalue weighted by atomic mass is 9.95. The number of anilines is 1. The van der Waals surface area contributed by atoms with Gasteiger partial charge >= 0.3 is 0 Å². The molecule has 2 heterocycles. The number of carbonyl (C=O) groups is 1. The SMILES string of the molecule is Cl.Cl.N=C(N)c1ccc2cc(C(=O)Nc3cccnc3)cc(-c3ccoc3)c2c1. The monoisotopic (exact) mass is 428 g/mol. The van der Waals surface area contributed by atoms with Crippen molar-refractivity contribution in [3.63, 3.8) is 0 Å². The van der Waals surface area contributed by atoms with Crippen molar-refractivity contribution in [2.45, 2.75) is 0 Å². The summed E-state index contributed by atoms with van der Waals surface area (Å²) in [6.45, 7) is 0. The van der Waals surface area contributed by atoms with E-state index < -0.39 is 0 Å². The van der Waals surface area contributed by atoms with E-state index in [9.17, 15) is 4.79 Å². The number of nitrogen functional groups attached to an aromatic ring is 1. The number of amides is 1. The van der Waals surface area contributed by atoms with Crippen LogP contribution in [0.25, 0.3) is 21.9 Å². The molecule has 0 aliphatic rings. The number of fused-ring (bicyclic) bond motifs is 1. The smallest absolute Gasteiger partial charge is 0.255 e. The number of hydrogen-bond donors (Lipinski definition) is 3. The molecule has 0 atom stereocenters. The molecule has 0 aliphatic carbocycles. The standard InChI is InChI=1S/C21H16N4O2.2ClH/c22-20(23)14-4-3-13-8-16(21(26)25-17-2-1-6-24-11-17)10-19(18(13)9-14)15-5-7-27-12-15;;/h1-12H,(H3,22,23)(H,25,26);2*1H. The number of pyridine rings is 1. The lowest BCUT2D eigenvalue weighted by molar-refractivity contribution is 0.102. The number of hydrogen-bond acceptors (Lipinski definition) is 4. The van der Waals surface area contributed by atoms with Crippen molar-refractivity contribution >= 4 is 53.0 Å². The summed E-state index contributed by atoms with van der Waals surface area (Å²) >= 11 is 0. The van der Waals surface area contributed by atoms with Crippen molar-refractivity contribution in [1.82, 2.24) is 4.98 Å². The second-order valence-corrected chi connectivity index (χ2v) is 6.08. The third-order valence-corrected chi connectivity index (χ3v) is 4.28. The van der Waals surface area contributed by atoms with Crippen LogP contribution in [0.1, 0.15) is 15.9 Å². The highest BCUT2D eigenvalue weighted by atomic mass is 35.5. The maximum atomic E-state index is 12.7. The Labute approximate surface area is 179 Å². The molecule has 0 unspecified atom stereocenters. The van der Waals surface area contributed by atoms with E-state index in [1.807, 2.05) is 30.3 Å². The highest BCUT2D eigenvalue weighted by molar-refractivity contribution is 6.10. The molecule has 29 heavy (non-hydrogen) atoms. The van der Waals surface area contributed by atoms with E-state index in [0.717, 1.165) is 21.9 Å². The quantitative estimate of drug-likeness (QED) is 0.318. The number of halogens is 2. The predicted molar refractivity (Wildman–Crippen MR) is 119 cm³/mol. The number of benzene rings is 2. The number of rotatable bonds is 4. The number of nitrogens with one attached hydrogen (secondary N) is 2.